The largest absolute Gasteiger partial charge is 0.236 e. The highest BCUT2D eigenvalue weighted by Crippen LogP contribution is 2.12. The second-order valence-corrected chi connectivity index (χ2v) is 4.89. The number of hydrogen-bond donors (Lipinski definition) is 0. The van der Waals surface area contributed by atoms with E-state index in [1.807, 2.05) is 0 Å². The molecule has 1 atom stereocenters. The van der Waals surface area contributed by atoms with Gasteiger partial charge in [-0.1, -0.05) is 71.6 Å². The molecule has 0 amide bonds. The second kappa shape index (κ2) is 12.0. The van der Waals surface area contributed by atoms with Crippen LogP contribution in [0.1, 0.15) is 78.1 Å². The van der Waals surface area contributed by atoms with Gasteiger partial charge in [0.25, 0.3) is 0 Å². The van der Waals surface area contributed by atoms with Gasteiger partial charge in [0, 0.05) is 0 Å². The zero-order valence-electron chi connectivity index (χ0n) is 10.8. The zero-order chi connectivity index (χ0) is 11.4. The Balaban J connectivity index is 2.92. The fourth-order valence-electron chi connectivity index (χ4n) is 1.89. The molecule has 1 heteroatoms. The summed E-state index contributed by atoms with van der Waals surface area (Å²) < 4.78 is 0. The third-order valence-corrected chi connectivity index (χ3v) is 3.08. The lowest BCUT2D eigenvalue weighted by molar-refractivity contribution is 0.145. The maximum Gasteiger partial charge on any atom is 0.0847 e. The van der Waals surface area contributed by atoms with Crippen LogP contribution in [0, 0.1) is 5.92 Å². The Labute approximate surface area is 96.3 Å². The first-order valence-corrected chi connectivity index (χ1v) is 6.89. The van der Waals surface area contributed by atoms with Gasteiger partial charge < -0.3 is 0 Å². The van der Waals surface area contributed by atoms with Crippen LogP contribution in [0.2, 0.25) is 0 Å². The Hall–Kier alpha value is -0.0400. The van der Waals surface area contributed by atoms with E-state index in [1.165, 1.54) is 57.8 Å². The van der Waals surface area contributed by atoms with Gasteiger partial charge in [-0.3, -0.25) is 0 Å². The third-order valence-electron chi connectivity index (χ3n) is 3.08. The summed E-state index contributed by atoms with van der Waals surface area (Å²) in [5.74, 6) is 0.398. The summed E-state index contributed by atoms with van der Waals surface area (Å²) in [6.07, 6.45) is 13.5. The topological polar surface area (TPSA) is 19.9 Å². The van der Waals surface area contributed by atoms with Gasteiger partial charge in [-0.05, 0) is 12.3 Å². The lowest BCUT2D eigenvalue weighted by Crippen LogP contribution is -1.98. The lowest BCUT2D eigenvalue weighted by Gasteiger charge is -2.05. The minimum absolute atomic E-state index is 0.108. The highest BCUT2D eigenvalue weighted by atomic mass is 16.3. The van der Waals surface area contributed by atoms with E-state index in [2.05, 4.69) is 13.8 Å². The fourth-order valence-corrected chi connectivity index (χ4v) is 1.89. The molecule has 0 aromatic carbocycles. The molecule has 0 spiro atoms. The van der Waals surface area contributed by atoms with Gasteiger partial charge in [-0.2, -0.15) is 0 Å². The molecule has 0 aromatic rings. The summed E-state index contributed by atoms with van der Waals surface area (Å²) in [6, 6.07) is 0. The van der Waals surface area contributed by atoms with Gasteiger partial charge in [0.2, 0.25) is 0 Å². The van der Waals surface area contributed by atoms with E-state index in [-0.39, 0.29) is 6.61 Å². The molecule has 0 N–H and O–H groups in total. The highest BCUT2D eigenvalue weighted by molar-refractivity contribution is 4.52. The van der Waals surface area contributed by atoms with Crippen molar-refractivity contribution >= 4 is 0 Å². The van der Waals surface area contributed by atoms with Gasteiger partial charge >= 0.3 is 0 Å². The van der Waals surface area contributed by atoms with Crippen molar-refractivity contribution in [2.75, 3.05) is 6.61 Å². The first-order chi connectivity index (χ1) is 7.31. The van der Waals surface area contributed by atoms with Gasteiger partial charge in [0.1, 0.15) is 0 Å². The molecule has 0 saturated carbocycles. The quantitative estimate of drug-likeness (QED) is 0.432. The average Bonchev–Trinajstić information content (AvgIpc) is 2.26. The molecule has 0 aliphatic heterocycles. The van der Waals surface area contributed by atoms with Gasteiger partial charge in [0.15, 0.2) is 0 Å². The van der Waals surface area contributed by atoms with Crippen LogP contribution in [0.3, 0.4) is 0 Å². The third kappa shape index (κ3) is 11.9. The molecule has 15 heavy (non-hydrogen) atoms. The second-order valence-electron chi connectivity index (χ2n) is 4.89. The maximum absolute atomic E-state index is 10.5. The molecule has 1 nitrogen and oxygen atoms in total. The van der Waals surface area contributed by atoms with E-state index in [4.69, 9.17) is 0 Å². The van der Waals surface area contributed by atoms with E-state index in [0.717, 1.165) is 6.42 Å². The molecule has 0 bridgehead atoms. The van der Waals surface area contributed by atoms with Gasteiger partial charge in [-0.25, -0.2) is 5.11 Å². The molecule has 1 radical (unpaired) electrons. The Morgan fingerprint density at radius 3 is 1.73 bits per heavy atom. The summed E-state index contributed by atoms with van der Waals surface area (Å²) in [6.45, 7) is 4.44. The molecule has 0 aromatic heterocycles. The summed E-state index contributed by atoms with van der Waals surface area (Å²) in [5.41, 5.74) is 0. The van der Waals surface area contributed by atoms with Crippen LogP contribution >= 0.6 is 0 Å². The predicted octanol–water partition coefficient (Wildman–Crippen LogP) is 4.97. The normalized spacial score (nSPS) is 13.0. The summed E-state index contributed by atoms with van der Waals surface area (Å²) in [5, 5.41) is 10.5. The molecule has 0 fully saturated rings. The van der Waals surface area contributed by atoms with Crippen molar-refractivity contribution in [3.05, 3.63) is 0 Å². The van der Waals surface area contributed by atoms with Crippen molar-refractivity contribution in [1.29, 1.82) is 0 Å². The maximum atomic E-state index is 10.5. The first-order valence-electron chi connectivity index (χ1n) is 6.89. The van der Waals surface area contributed by atoms with Crippen LogP contribution in [0.5, 0.6) is 0 Å². The monoisotopic (exact) mass is 213 g/mol. The Morgan fingerprint density at radius 1 is 0.800 bits per heavy atom. The number of unbranched alkanes of at least 4 members (excludes halogenated alkanes) is 8. The van der Waals surface area contributed by atoms with Crippen molar-refractivity contribution in [3.63, 3.8) is 0 Å². The van der Waals surface area contributed by atoms with Crippen molar-refractivity contribution in [1.82, 2.24) is 0 Å². The summed E-state index contributed by atoms with van der Waals surface area (Å²) >= 11 is 0. The van der Waals surface area contributed by atoms with Crippen LogP contribution in [-0.2, 0) is 5.11 Å². The van der Waals surface area contributed by atoms with Crippen molar-refractivity contribution in [2.24, 2.45) is 5.92 Å². The molecule has 0 rings (SSSR count). The predicted molar refractivity (Wildman–Crippen MR) is 66.6 cm³/mol. The smallest absolute Gasteiger partial charge is 0.0847 e. The molecular weight excluding hydrogens is 184 g/mol. The fraction of sp³-hybridized carbons (Fsp3) is 1.00. The standard InChI is InChI=1S/C14H29O/c1-3-4-5-6-7-8-9-10-11-12-14(2)13-15/h14H,3-13H2,1-2H3. The van der Waals surface area contributed by atoms with Gasteiger partial charge in [-0.15, -0.1) is 0 Å². The summed E-state index contributed by atoms with van der Waals surface area (Å²) in [7, 11) is 0. The van der Waals surface area contributed by atoms with E-state index in [9.17, 15) is 5.11 Å². The van der Waals surface area contributed by atoms with Crippen molar-refractivity contribution < 1.29 is 5.11 Å². The number of hydrogen-bond acceptors (Lipinski definition) is 0. The van der Waals surface area contributed by atoms with E-state index < -0.39 is 0 Å². The molecule has 0 aliphatic rings. The Kier molecular flexibility index (Phi) is 12.0. The van der Waals surface area contributed by atoms with Crippen molar-refractivity contribution in [3.8, 4) is 0 Å². The van der Waals surface area contributed by atoms with Crippen LogP contribution < -0.4 is 0 Å². The van der Waals surface area contributed by atoms with Crippen LogP contribution in [0.15, 0.2) is 0 Å². The van der Waals surface area contributed by atoms with E-state index in [1.54, 1.807) is 0 Å². The lowest BCUT2D eigenvalue weighted by atomic mass is 10.0. The minimum atomic E-state index is 0.108. The summed E-state index contributed by atoms with van der Waals surface area (Å²) in [4.78, 5) is 0. The number of rotatable bonds is 11. The molecule has 91 valence electrons. The Morgan fingerprint density at radius 2 is 1.27 bits per heavy atom. The highest BCUT2D eigenvalue weighted by Gasteiger charge is 1.99. The average molecular weight is 213 g/mol. The molecule has 1 unspecified atom stereocenters. The van der Waals surface area contributed by atoms with Crippen LogP contribution in [0.25, 0.3) is 0 Å². The van der Waals surface area contributed by atoms with Gasteiger partial charge in [0.05, 0.1) is 6.61 Å². The molecule has 0 saturated heterocycles. The molecule has 0 heterocycles. The minimum Gasteiger partial charge on any atom is -0.236 e. The van der Waals surface area contributed by atoms with E-state index >= 15 is 0 Å². The molecule has 0 aliphatic carbocycles. The van der Waals surface area contributed by atoms with Crippen LogP contribution in [0.4, 0.5) is 0 Å². The van der Waals surface area contributed by atoms with E-state index in [0.29, 0.717) is 5.92 Å². The van der Waals surface area contributed by atoms with Crippen molar-refractivity contribution in [2.45, 2.75) is 78.1 Å². The first kappa shape index (κ1) is 15.0. The zero-order valence-corrected chi connectivity index (χ0v) is 10.8. The molecular formula is C14H29O. The SMILES string of the molecule is CCCCCCCCCCCC(C)C[O]. The Bertz CT molecular complexity index is 112. The van der Waals surface area contributed by atoms with Crippen LogP contribution in [-0.4, -0.2) is 6.61 Å².